The lowest BCUT2D eigenvalue weighted by Crippen LogP contribution is -2.42. The number of amides is 2. The molecule has 41 heavy (non-hydrogen) atoms. The highest BCUT2D eigenvalue weighted by Crippen LogP contribution is 2.29. The normalized spacial score (nSPS) is 14.0. The molecular weight excluding hydrogens is 564 g/mol. The van der Waals surface area contributed by atoms with Crippen LogP contribution in [0.2, 0.25) is 0 Å². The molecule has 5 N–H and O–H groups in total. The van der Waals surface area contributed by atoms with Gasteiger partial charge in [-0.3, -0.25) is 19.9 Å². The number of rotatable bonds is 14. The summed E-state index contributed by atoms with van der Waals surface area (Å²) in [6.07, 6.45) is -1.56. The first-order valence-electron chi connectivity index (χ1n) is 12.8. The van der Waals surface area contributed by atoms with Crippen LogP contribution in [0.15, 0.2) is 30.3 Å². The Morgan fingerprint density at radius 1 is 1.15 bits per heavy atom. The molecule has 1 fully saturated rings. The molecule has 3 rings (SSSR count). The second-order valence-electron chi connectivity index (χ2n) is 8.89. The van der Waals surface area contributed by atoms with E-state index >= 15 is 0 Å². The summed E-state index contributed by atoms with van der Waals surface area (Å²) in [5, 5.41) is 13.1. The molecule has 1 aliphatic rings. The van der Waals surface area contributed by atoms with Gasteiger partial charge in [-0.15, -0.1) is 12.4 Å². The number of hydrogen-bond donors (Lipinski definition) is 4. The van der Waals surface area contributed by atoms with Gasteiger partial charge < -0.3 is 35.3 Å². The molecule has 0 aliphatic carbocycles. The zero-order valence-corrected chi connectivity index (χ0v) is 23.8. The molecule has 14 heteroatoms. The maximum atomic E-state index is 14.7. The molecule has 0 radical (unpaired) electrons. The zero-order valence-electron chi connectivity index (χ0n) is 23.0. The Balaban J connectivity index is 0.00000588. The summed E-state index contributed by atoms with van der Waals surface area (Å²) in [4.78, 5) is 27.5. The first kappa shape index (κ1) is 33.7. The summed E-state index contributed by atoms with van der Waals surface area (Å²) in [5.74, 6) is -3.14. The number of hydrogen-bond acceptors (Lipinski definition) is 8. The molecule has 1 heterocycles. The standard InChI is InChI=1S/C27H35F2N5O6.ClH/c1-3-39-25(24-20(28)13-19(37-2)14-21(24)29)27(36)33-15-18-5-4-17(26(30)31)12-22(18)40-16-23(35)32-6-7-34-8-10-38-11-9-34;/h4-5,12-14,25H,3,6-11,15-16H2,1-2H3,(H3,30,31)(H,32,35)(H,33,36);1H/t25-;/m0./s1. The van der Waals surface area contributed by atoms with E-state index in [1.54, 1.807) is 19.1 Å². The van der Waals surface area contributed by atoms with Crippen LogP contribution in [0, 0.1) is 17.0 Å². The second-order valence-corrected chi connectivity index (χ2v) is 8.89. The molecule has 0 saturated carbocycles. The van der Waals surface area contributed by atoms with Crippen molar-refractivity contribution in [2.75, 3.05) is 59.7 Å². The van der Waals surface area contributed by atoms with E-state index in [9.17, 15) is 18.4 Å². The smallest absolute Gasteiger partial charge is 0.257 e. The number of nitrogens with two attached hydrogens (primary N) is 1. The average Bonchev–Trinajstić information content (AvgIpc) is 2.94. The summed E-state index contributed by atoms with van der Waals surface area (Å²) in [7, 11) is 1.27. The fraction of sp³-hybridized carbons (Fsp3) is 0.444. The topological polar surface area (TPSA) is 148 Å². The predicted octanol–water partition coefficient (Wildman–Crippen LogP) is 1.90. The van der Waals surface area contributed by atoms with Crippen molar-refractivity contribution >= 4 is 30.1 Å². The van der Waals surface area contributed by atoms with E-state index < -0.39 is 29.2 Å². The van der Waals surface area contributed by atoms with Crippen LogP contribution < -0.4 is 25.8 Å². The van der Waals surface area contributed by atoms with Gasteiger partial charge in [0.25, 0.3) is 11.8 Å². The van der Waals surface area contributed by atoms with Crippen molar-refractivity contribution in [1.82, 2.24) is 15.5 Å². The lowest BCUT2D eigenvalue weighted by atomic mass is 10.1. The Bertz CT molecular complexity index is 1180. The van der Waals surface area contributed by atoms with E-state index in [1.165, 1.54) is 13.2 Å². The van der Waals surface area contributed by atoms with Gasteiger partial charge in [-0.05, 0) is 13.0 Å². The van der Waals surface area contributed by atoms with Crippen LogP contribution in [-0.2, 0) is 25.6 Å². The van der Waals surface area contributed by atoms with Crippen molar-refractivity contribution < 1.29 is 37.3 Å². The molecule has 0 unspecified atom stereocenters. The highest BCUT2D eigenvalue weighted by molar-refractivity contribution is 5.95. The second kappa shape index (κ2) is 16.7. The van der Waals surface area contributed by atoms with Gasteiger partial charge >= 0.3 is 0 Å². The van der Waals surface area contributed by atoms with Crippen LogP contribution in [0.5, 0.6) is 11.5 Å². The maximum absolute atomic E-state index is 14.7. The van der Waals surface area contributed by atoms with E-state index in [0.717, 1.165) is 25.2 Å². The Morgan fingerprint density at radius 3 is 2.44 bits per heavy atom. The van der Waals surface area contributed by atoms with E-state index in [2.05, 4.69) is 15.5 Å². The molecule has 1 aliphatic heterocycles. The third kappa shape index (κ3) is 9.81. The Labute approximate surface area is 243 Å². The Morgan fingerprint density at radius 2 is 1.83 bits per heavy atom. The molecule has 226 valence electrons. The molecule has 1 atom stereocenters. The first-order valence-corrected chi connectivity index (χ1v) is 12.8. The van der Waals surface area contributed by atoms with Gasteiger partial charge in [0.1, 0.15) is 29.0 Å². The summed E-state index contributed by atoms with van der Waals surface area (Å²) in [6.45, 7) is 5.25. The van der Waals surface area contributed by atoms with Crippen LogP contribution in [0.25, 0.3) is 0 Å². The van der Waals surface area contributed by atoms with Crippen LogP contribution in [-0.4, -0.2) is 82.3 Å². The summed E-state index contributed by atoms with van der Waals surface area (Å²) < 4.78 is 50.6. The largest absolute Gasteiger partial charge is 0.497 e. The Hall–Kier alpha value is -3.52. The number of halogens is 3. The highest BCUT2D eigenvalue weighted by Gasteiger charge is 2.28. The summed E-state index contributed by atoms with van der Waals surface area (Å²) in [6, 6.07) is 6.55. The van der Waals surface area contributed by atoms with Crippen molar-refractivity contribution in [3.8, 4) is 11.5 Å². The SMILES string of the molecule is CCO[C@H](C(=O)NCc1ccc(C(=N)N)cc1OCC(=O)NCCN1CCOCC1)c1c(F)cc(OC)cc1F.Cl. The summed E-state index contributed by atoms with van der Waals surface area (Å²) >= 11 is 0. The minimum Gasteiger partial charge on any atom is -0.497 e. The van der Waals surface area contributed by atoms with Gasteiger partial charge in [-0.2, -0.15) is 0 Å². The van der Waals surface area contributed by atoms with Crippen molar-refractivity contribution in [3.05, 3.63) is 58.7 Å². The molecule has 2 aromatic carbocycles. The van der Waals surface area contributed by atoms with E-state index in [1.807, 2.05) is 0 Å². The molecule has 2 aromatic rings. The van der Waals surface area contributed by atoms with E-state index in [4.69, 9.17) is 30.1 Å². The van der Waals surface area contributed by atoms with Crippen LogP contribution >= 0.6 is 12.4 Å². The number of morpholine rings is 1. The number of carbonyl (C=O) groups is 2. The minimum atomic E-state index is -1.56. The van der Waals surface area contributed by atoms with Crippen molar-refractivity contribution in [3.63, 3.8) is 0 Å². The molecular formula is C27H36ClF2N5O6. The maximum Gasteiger partial charge on any atom is 0.257 e. The average molecular weight is 600 g/mol. The Kier molecular flexibility index (Phi) is 13.7. The number of ether oxygens (including phenoxy) is 4. The number of benzene rings is 2. The van der Waals surface area contributed by atoms with Gasteiger partial charge in [-0.1, -0.05) is 12.1 Å². The quantitative estimate of drug-likeness (QED) is 0.190. The van der Waals surface area contributed by atoms with Crippen molar-refractivity contribution in [2.24, 2.45) is 5.73 Å². The number of methoxy groups -OCH3 is 1. The third-order valence-corrected chi connectivity index (χ3v) is 6.17. The van der Waals surface area contributed by atoms with E-state index in [-0.39, 0.29) is 55.4 Å². The van der Waals surface area contributed by atoms with Gasteiger partial charge in [0.15, 0.2) is 12.7 Å². The molecule has 0 spiro atoms. The van der Waals surface area contributed by atoms with Crippen LogP contribution in [0.4, 0.5) is 8.78 Å². The zero-order chi connectivity index (χ0) is 29.1. The van der Waals surface area contributed by atoms with E-state index in [0.29, 0.717) is 37.4 Å². The fourth-order valence-electron chi connectivity index (χ4n) is 4.04. The van der Waals surface area contributed by atoms with Gasteiger partial charge in [0.2, 0.25) is 0 Å². The van der Waals surface area contributed by atoms with Gasteiger partial charge in [0.05, 0.1) is 25.9 Å². The van der Waals surface area contributed by atoms with Crippen molar-refractivity contribution in [1.29, 1.82) is 5.41 Å². The van der Waals surface area contributed by atoms with Gasteiger partial charge in [0, 0.05) is 62.6 Å². The number of carbonyl (C=O) groups excluding carboxylic acids is 2. The predicted molar refractivity (Wildman–Crippen MR) is 150 cm³/mol. The molecule has 1 saturated heterocycles. The third-order valence-electron chi connectivity index (χ3n) is 6.17. The van der Waals surface area contributed by atoms with Gasteiger partial charge in [-0.25, -0.2) is 8.78 Å². The highest BCUT2D eigenvalue weighted by atomic mass is 35.5. The summed E-state index contributed by atoms with van der Waals surface area (Å²) in [5.41, 5.74) is 5.86. The number of nitrogens with one attached hydrogen (secondary N) is 3. The molecule has 11 nitrogen and oxygen atoms in total. The lowest BCUT2D eigenvalue weighted by molar-refractivity contribution is -0.133. The van der Waals surface area contributed by atoms with Crippen molar-refractivity contribution in [2.45, 2.75) is 19.6 Å². The number of nitrogen functional groups attached to an aromatic ring is 1. The number of amidine groups is 1. The molecule has 0 bridgehead atoms. The minimum absolute atomic E-state index is 0. The monoisotopic (exact) mass is 599 g/mol. The lowest BCUT2D eigenvalue weighted by Gasteiger charge is -2.26. The van der Waals surface area contributed by atoms with Crippen LogP contribution in [0.3, 0.4) is 0 Å². The molecule has 2 amide bonds. The number of nitrogens with zero attached hydrogens (tertiary/aromatic N) is 1. The van der Waals surface area contributed by atoms with Crippen LogP contribution in [0.1, 0.15) is 29.7 Å². The fourth-order valence-corrected chi connectivity index (χ4v) is 4.04. The molecule has 0 aromatic heterocycles. The first-order chi connectivity index (χ1) is 19.2.